The second-order valence-electron chi connectivity index (χ2n) is 5.37. The van der Waals surface area contributed by atoms with Gasteiger partial charge in [0.05, 0.1) is 0 Å². The molecule has 1 atom stereocenters. The summed E-state index contributed by atoms with van der Waals surface area (Å²) in [6.45, 7) is 8.94. The molecule has 18 heavy (non-hydrogen) atoms. The topological polar surface area (TPSA) is 15.3 Å². The number of hydrogen-bond acceptors (Lipinski definition) is 2. The van der Waals surface area contributed by atoms with Crippen LogP contribution in [-0.2, 0) is 6.54 Å². The summed E-state index contributed by atoms with van der Waals surface area (Å²) < 4.78 is 0. The predicted octanol–water partition coefficient (Wildman–Crippen LogP) is 3.22. The van der Waals surface area contributed by atoms with Crippen molar-refractivity contribution in [1.82, 2.24) is 10.2 Å². The summed E-state index contributed by atoms with van der Waals surface area (Å²) in [4.78, 5) is 2.55. The highest BCUT2D eigenvalue weighted by Crippen LogP contribution is 2.16. The van der Waals surface area contributed by atoms with E-state index in [4.69, 9.17) is 11.6 Å². The molecule has 2 rings (SSSR count). The number of likely N-dealkylation sites (tertiary alicyclic amines) is 1. The van der Waals surface area contributed by atoms with E-state index in [1.54, 1.807) is 0 Å². The molecule has 0 aromatic heterocycles. The van der Waals surface area contributed by atoms with Gasteiger partial charge in [-0.1, -0.05) is 23.7 Å². The first-order valence-corrected chi connectivity index (χ1v) is 7.24. The maximum Gasteiger partial charge on any atom is 0.0435 e. The molecular formula is C15H23ClN2. The first-order chi connectivity index (χ1) is 8.65. The SMILES string of the molecule is Cc1cc(CNC(C)CN2CCCC2)ccc1Cl. The van der Waals surface area contributed by atoms with E-state index < -0.39 is 0 Å². The van der Waals surface area contributed by atoms with Gasteiger partial charge in [0.15, 0.2) is 0 Å². The third-order valence-electron chi connectivity index (χ3n) is 3.61. The molecule has 0 radical (unpaired) electrons. The van der Waals surface area contributed by atoms with Crippen molar-refractivity contribution in [3.8, 4) is 0 Å². The summed E-state index contributed by atoms with van der Waals surface area (Å²) in [6, 6.07) is 6.79. The number of aryl methyl sites for hydroxylation is 1. The standard InChI is InChI=1S/C15H23ClN2/c1-12-9-14(5-6-15(12)16)10-17-13(2)11-18-7-3-4-8-18/h5-6,9,13,17H,3-4,7-8,10-11H2,1-2H3. The average Bonchev–Trinajstić information content (AvgIpc) is 2.83. The van der Waals surface area contributed by atoms with Crippen molar-refractivity contribution < 1.29 is 0 Å². The molecular weight excluding hydrogens is 244 g/mol. The maximum atomic E-state index is 6.03. The zero-order valence-electron chi connectivity index (χ0n) is 11.4. The number of rotatable bonds is 5. The van der Waals surface area contributed by atoms with Crippen molar-refractivity contribution >= 4 is 11.6 Å². The van der Waals surface area contributed by atoms with Crippen molar-refractivity contribution in [3.05, 3.63) is 34.3 Å². The Kier molecular flexibility index (Phi) is 5.04. The Morgan fingerprint density at radius 1 is 1.33 bits per heavy atom. The van der Waals surface area contributed by atoms with Crippen LogP contribution < -0.4 is 5.32 Å². The first-order valence-electron chi connectivity index (χ1n) is 6.86. The third-order valence-corrected chi connectivity index (χ3v) is 4.03. The molecule has 1 aromatic rings. The normalized spacial score (nSPS) is 18.2. The first kappa shape index (κ1) is 13.9. The second-order valence-corrected chi connectivity index (χ2v) is 5.78. The van der Waals surface area contributed by atoms with Crippen molar-refractivity contribution in [3.63, 3.8) is 0 Å². The molecule has 1 fully saturated rings. The van der Waals surface area contributed by atoms with E-state index in [0.717, 1.165) is 23.7 Å². The fourth-order valence-corrected chi connectivity index (χ4v) is 2.64. The molecule has 1 aromatic carbocycles. The minimum Gasteiger partial charge on any atom is -0.309 e. The van der Waals surface area contributed by atoms with Gasteiger partial charge < -0.3 is 10.2 Å². The minimum absolute atomic E-state index is 0.541. The smallest absolute Gasteiger partial charge is 0.0435 e. The number of nitrogens with zero attached hydrogens (tertiary/aromatic N) is 1. The average molecular weight is 267 g/mol. The molecule has 1 aliphatic heterocycles. The largest absolute Gasteiger partial charge is 0.309 e. The summed E-state index contributed by atoms with van der Waals surface area (Å²) in [5, 5.41) is 4.44. The van der Waals surface area contributed by atoms with E-state index in [9.17, 15) is 0 Å². The summed E-state index contributed by atoms with van der Waals surface area (Å²) in [6.07, 6.45) is 2.73. The molecule has 1 N–H and O–H groups in total. The molecule has 1 saturated heterocycles. The monoisotopic (exact) mass is 266 g/mol. The van der Waals surface area contributed by atoms with Gasteiger partial charge in [0.2, 0.25) is 0 Å². The molecule has 0 amide bonds. The highest BCUT2D eigenvalue weighted by Gasteiger charge is 2.14. The molecule has 0 aliphatic carbocycles. The highest BCUT2D eigenvalue weighted by molar-refractivity contribution is 6.31. The minimum atomic E-state index is 0.541. The van der Waals surface area contributed by atoms with Crippen LogP contribution >= 0.6 is 11.6 Å². The van der Waals surface area contributed by atoms with Gasteiger partial charge in [-0.05, 0) is 57.0 Å². The summed E-state index contributed by atoms with van der Waals surface area (Å²) in [5.41, 5.74) is 2.47. The van der Waals surface area contributed by atoms with Crippen LogP contribution in [0.25, 0.3) is 0 Å². The zero-order valence-corrected chi connectivity index (χ0v) is 12.1. The van der Waals surface area contributed by atoms with Gasteiger partial charge in [-0.15, -0.1) is 0 Å². The Morgan fingerprint density at radius 2 is 2.06 bits per heavy atom. The zero-order chi connectivity index (χ0) is 13.0. The lowest BCUT2D eigenvalue weighted by atomic mass is 10.1. The van der Waals surface area contributed by atoms with Crippen LogP contribution in [0.5, 0.6) is 0 Å². The van der Waals surface area contributed by atoms with Crippen LogP contribution in [0, 0.1) is 6.92 Å². The molecule has 2 nitrogen and oxygen atoms in total. The van der Waals surface area contributed by atoms with Crippen LogP contribution in [-0.4, -0.2) is 30.6 Å². The molecule has 1 unspecified atom stereocenters. The van der Waals surface area contributed by atoms with E-state index in [2.05, 4.69) is 36.2 Å². The van der Waals surface area contributed by atoms with E-state index in [1.165, 1.54) is 31.5 Å². The number of halogens is 1. The van der Waals surface area contributed by atoms with Crippen LogP contribution in [0.2, 0.25) is 5.02 Å². The van der Waals surface area contributed by atoms with Gasteiger partial charge in [-0.3, -0.25) is 0 Å². The van der Waals surface area contributed by atoms with Crippen molar-refractivity contribution in [2.45, 2.75) is 39.3 Å². The molecule has 0 spiro atoms. The lowest BCUT2D eigenvalue weighted by molar-refractivity contribution is 0.298. The Hall–Kier alpha value is -0.570. The molecule has 3 heteroatoms. The summed E-state index contributed by atoms with van der Waals surface area (Å²) in [5.74, 6) is 0. The lowest BCUT2D eigenvalue weighted by Crippen LogP contribution is -2.37. The molecule has 0 saturated carbocycles. The Labute approximate surface area is 115 Å². The van der Waals surface area contributed by atoms with Gasteiger partial charge in [0.1, 0.15) is 0 Å². The van der Waals surface area contributed by atoms with Crippen LogP contribution in [0.15, 0.2) is 18.2 Å². The van der Waals surface area contributed by atoms with Crippen LogP contribution in [0.4, 0.5) is 0 Å². The highest BCUT2D eigenvalue weighted by atomic mass is 35.5. The number of nitrogens with one attached hydrogen (secondary N) is 1. The van der Waals surface area contributed by atoms with Gasteiger partial charge in [-0.25, -0.2) is 0 Å². The molecule has 100 valence electrons. The Morgan fingerprint density at radius 3 is 2.72 bits per heavy atom. The summed E-state index contributed by atoms with van der Waals surface area (Å²) in [7, 11) is 0. The Balaban J connectivity index is 1.77. The van der Waals surface area contributed by atoms with Crippen molar-refractivity contribution in [2.24, 2.45) is 0 Å². The van der Waals surface area contributed by atoms with Gasteiger partial charge in [0, 0.05) is 24.2 Å². The maximum absolute atomic E-state index is 6.03. The van der Waals surface area contributed by atoms with Crippen LogP contribution in [0.3, 0.4) is 0 Å². The fraction of sp³-hybridized carbons (Fsp3) is 0.600. The van der Waals surface area contributed by atoms with Gasteiger partial charge in [0.25, 0.3) is 0 Å². The predicted molar refractivity (Wildman–Crippen MR) is 78.2 cm³/mol. The number of benzene rings is 1. The van der Waals surface area contributed by atoms with E-state index in [-0.39, 0.29) is 0 Å². The second kappa shape index (κ2) is 6.55. The van der Waals surface area contributed by atoms with E-state index in [0.29, 0.717) is 6.04 Å². The van der Waals surface area contributed by atoms with Gasteiger partial charge in [-0.2, -0.15) is 0 Å². The van der Waals surface area contributed by atoms with Crippen LogP contribution in [0.1, 0.15) is 30.9 Å². The summed E-state index contributed by atoms with van der Waals surface area (Å²) >= 11 is 6.03. The Bertz CT molecular complexity index is 386. The number of hydrogen-bond donors (Lipinski definition) is 1. The van der Waals surface area contributed by atoms with E-state index >= 15 is 0 Å². The van der Waals surface area contributed by atoms with E-state index in [1.807, 2.05) is 6.07 Å². The lowest BCUT2D eigenvalue weighted by Gasteiger charge is -2.21. The molecule has 1 heterocycles. The fourth-order valence-electron chi connectivity index (χ4n) is 2.53. The molecule has 0 bridgehead atoms. The third kappa shape index (κ3) is 3.98. The van der Waals surface area contributed by atoms with Crippen molar-refractivity contribution in [1.29, 1.82) is 0 Å². The van der Waals surface area contributed by atoms with Gasteiger partial charge >= 0.3 is 0 Å². The quantitative estimate of drug-likeness (QED) is 0.880. The molecule has 1 aliphatic rings. The van der Waals surface area contributed by atoms with Crippen molar-refractivity contribution in [2.75, 3.05) is 19.6 Å².